The normalized spacial score (nSPS) is 12.6. The van der Waals surface area contributed by atoms with Gasteiger partial charge in [-0.1, -0.05) is 30.3 Å². The van der Waals surface area contributed by atoms with Crippen LogP contribution in [0.2, 0.25) is 0 Å². The summed E-state index contributed by atoms with van der Waals surface area (Å²) in [6, 6.07) is 14.6. The first-order valence-corrected chi connectivity index (χ1v) is 8.32. The largest absolute Gasteiger partial charge is 0.363 e. The van der Waals surface area contributed by atoms with E-state index >= 15 is 0 Å². The Labute approximate surface area is 144 Å². The third-order valence-corrected chi connectivity index (χ3v) is 3.68. The van der Waals surface area contributed by atoms with Gasteiger partial charge in [0, 0.05) is 26.8 Å². The molecule has 2 rings (SSSR count). The van der Waals surface area contributed by atoms with Gasteiger partial charge in [-0.15, -0.1) is 0 Å². The number of anilines is 1. The third-order valence-electron chi connectivity index (χ3n) is 3.68. The van der Waals surface area contributed by atoms with E-state index in [0.717, 1.165) is 23.9 Å². The minimum absolute atomic E-state index is 0.193. The van der Waals surface area contributed by atoms with Crippen molar-refractivity contribution in [2.24, 2.45) is 4.99 Å². The molecule has 1 heterocycles. The quantitative estimate of drug-likeness (QED) is 0.633. The molecule has 0 saturated heterocycles. The molecule has 1 aromatic heterocycles. The van der Waals surface area contributed by atoms with Crippen LogP contribution in [0.25, 0.3) is 0 Å². The molecule has 0 bridgehead atoms. The van der Waals surface area contributed by atoms with Crippen LogP contribution in [-0.2, 0) is 6.54 Å². The highest BCUT2D eigenvalue weighted by atomic mass is 15.2. The van der Waals surface area contributed by atoms with Gasteiger partial charge in [-0.2, -0.15) is 0 Å². The first-order chi connectivity index (χ1) is 11.6. The Bertz CT molecular complexity index is 652. The van der Waals surface area contributed by atoms with Crippen LogP contribution in [0.5, 0.6) is 0 Å². The molecule has 0 fully saturated rings. The Morgan fingerprint density at radius 3 is 2.62 bits per heavy atom. The Kier molecular flexibility index (Phi) is 6.61. The molecule has 1 unspecified atom stereocenters. The number of benzene rings is 1. The van der Waals surface area contributed by atoms with E-state index in [2.05, 4.69) is 59.8 Å². The number of aliphatic imine (C=N–C) groups is 1. The molecule has 128 valence electrons. The van der Waals surface area contributed by atoms with E-state index < -0.39 is 0 Å². The minimum atomic E-state index is 0.193. The molecule has 24 heavy (non-hydrogen) atoms. The van der Waals surface area contributed by atoms with E-state index in [9.17, 15) is 0 Å². The number of aromatic nitrogens is 1. The summed E-state index contributed by atoms with van der Waals surface area (Å²) in [6.45, 7) is 5.65. The Morgan fingerprint density at radius 1 is 1.21 bits per heavy atom. The smallest absolute Gasteiger partial charge is 0.192 e. The van der Waals surface area contributed by atoms with Gasteiger partial charge in [0.15, 0.2) is 5.96 Å². The van der Waals surface area contributed by atoms with Crippen molar-refractivity contribution in [2.45, 2.75) is 26.4 Å². The molecule has 0 radical (unpaired) electrons. The summed E-state index contributed by atoms with van der Waals surface area (Å²) in [6.07, 6.45) is 1.83. The van der Waals surface area contributed by atoms with Gasteiger partial charge in [-0.05, 0) is 37.1 Å². The summed E-state index contributed by atoms with van der Waals surface area (Å²) in [4.78, 5) is 11.0. The third kappa shape index (κ3) is 5.26. The van der Waals surface area contributed by atoms with Crippen molar-refractivity contribution in [3.63, 3.8) is 0 Å². The van der Waals surface area contributed by atoms with Crippen molar-refractivity contribution in [1.29, 1.82) is 0 Å². The van der Waals surface area contributed by atoms with Gasteiger partial charge in [0.1, 0.15) is 5.82 Å². The molecule has 0 amide bonds. The lowest BCUT2D eigenvalue weighted by molar-refractivity contribution is 0.686. The predicted octanol–water partition coefficient (Wildman–Crippen LogP) is 2.96. The van der Waals surface area contributed by atoms with Gasteiger partial charge in [0.05, 0.1) is 12.6 Å². The monoisotopic (exact) mass is 325 g/mol. The van der Waals surface area contributed by atoms with E-state index in [1.807, 2.05) is 37.3 Å². The zero-order chi connectivity index (χ0) is 17.4. The number of guanidine groups is 1. The average molecular weight is 325 g/mol. The van der Waals surface area contributed by atoms with Gasteiger partial charge < -0.3 is 15.5 Å². The van der Waals surface area contributed by atoms with Crippen molar-refractivity contribution < 1.29 is 0 Å². The lowest BCUT2D eigenvalue weighted by Gasteiger charge is -2.18. The number of rotatable bonds is 6. The van der Waals surface area contributed by atoms with Crippen LogP contribution < -0.4 is 15.5 Å². The number of hydrogen-bond acceptors (Lipinski definition) is 3. The molecular weight excluding hydrogens is 298 g/mol. The summed E-state index contributed by atoms with van der Waals surface area (Å²) in [5.41, 5.74) is 2.38. The van der Waals surface area contributed by atoms with Gasteiger partial charge in [0.2, 0.25) is 0 Å². The van der Waals surface area contributed by atoms with Crippen LogP contribution in [-0.4, -0.2) is 31.6 Å². The van der Waals surface area contributed by atoms with Crippen LogP contribution in [0.1, 0.15) is 31.0 Å². The second-order valence-electron chi connectivity index (χ2n) is 5.89. The molecule has 0 saturated carbocycles. The standard InChI is InChI=1S/C19H27N5/c1-5-20-19(23-15(2)17-9-7-6-8-10-17)22-14-16-11-12-21-18(13-16)24(3)4/h6-13,15H,5,14H2,1-4H3,(H2,20,22,23). The number of nitrogens with one attached hydrogen (secondary N) is 2. The van der Waals surface area contributed by atoms with E-state index in [-0.39, 0.29) is 6.04 Å². The van der Waals surface area contributed by atoms with E-state index in [4.69, 9.17) is 4.99 Å². The number of hydrogen-bond donors (Lipinski definition) is 2. The number of pyridine rings is 1. The van der Waals surface area contributed by atoms with Gasteiger partial charge in [0.25, 0.3) is 0 Å². The zero-order valence-corrected chi connectivity index (χ0v) is 15.0. The van der Waals surface area contributed by atoms with Gasteiger partial charge in [-0.3, -0.25) is 0 Å². The summed E-state index contributed by atoms with van der Waals surface area (Å²) in [5.74, 6) is 1.76. The molecule has 0 aliphatic rings. The van der Waals surface area contributed by atoms with Crippen LogP contribution in [0.15, 0.2) is 53.7 Å². The lowest BCUT2D eigenvalue weighted by Crippen LogP contribution is -2.38. The Balaban J connectivity index is 2.06. The molecule has 2 aromatic rings. The lowest BCUT2D eigenvalue weighted by atomic mass is 10.1. The first-order valence-electron chi connectivity index (χ1n) is 8.32. The van der Waals surface area contributed by atoms with Gasteiger partial charge >= 0.3 is 0 Å². The second-order valence-corrected chi connectivity index (χ2v) is 5.89. The maximum atomic E-state index is 4.70. The van der Waals surface area contributed by atoms with Crippen LogP contribution in [0.3, 0.4) is 0 Å². The molecular formula is C19H27N5. The first kappa shape index (κ1) is 17.8. The zero-order valence-electron chi connectivity index (χ0n) is 15.0. The van der Waals surface area contributed by atoms with Crippen molar-refractivity contribution in [2.75, 3.05) is 25.5 Å². The molecule has 1 atom stereocenters. The molecule has 0 spiro atoms. The van der Waals surface area contributed by atoms with Crippen LogP contribution in [0, 0.1) is 0 Å². The minimum Gasteiger partial charge on any atom is -0.363 e. The topological polar surface area (TPSA) is 52.6 Å². The average Bonchev–Trinajstić information content (AvgIpc) is 2.61. The maximum absolute atomic E-state index is 4.70. The molecule has 1 aromatic carbocycles. The predicted molar refractivity (Wildman–Crippen MR) is 101 cm³/mol. The summed E-state index contributed by atoms with van der Waals surface area (Å²) < 4.78 is 0. The maximum Gasteiger partial charge on any atom is 0.192 e. The van der Waals surface area contributed by atoms with Crippen LogP contribution >= 0.6 is 0 Å². The number of nitrogens with zero attached hydrogens (tertiary/aromatic N) is 3. The highest BCUT2D eigenvalue weighted by molar-refractivity contribution is 5.80. The second kappa shape index (κ2) is 8.91. The van der Waals surface area contributed by atoms with Crippen LogP contribution in [0.4, 0.5) is 5.82 Å². The fourth-order valence-electron chi connectivity index (χ4n) is 2.32. The van der Waals surface area contributed by atoms with E-state index in [1.54, 1.807) is 0 Å². The highest BCUT2D eigenvalue weighted by Gasteiger charge is 2.07. The highest BCUT2D eigenvalue weighted by Crippen LogP contribution is 2.12. The Hall–Kier alpha value is -2.56. The molecule has 0 aliphatic heterocycles. The van der Waals surface area contributed by atoms with E-state index in [0.29, 0.717) is 6.54 Å². The molecule has 5 heteroatoms. The molecule has 5 nitrogen and oxygen atoms in total. The SMILES string of the molecule is CCNC(=NCc1ccnc(N(C)C)c1)NC(C)c1ccccc1. The van der Waals surface area contributed by atoms with Crippen molar-refractivity contribution in [3.05, 3.63) is 59.8 Å². The summed E-state index contributed by atoms with van der Waals surface area (Å²) >= 11 is 0. The fourth-order valence-corrected chi connectivity index (χ4v) is 2.32. The van der Waals surface area contributed by atoms with Crippen molar-refractivity contribution in [1.82, 2.24) is 15.6 Å². The van der Waals surface area contributed by atoms with E-state index in [1.165, 1.54) is 5.56 Å². The Morgan fingerprint density at radius 2 is 1.96 bits per heavy atom. The van der Waals surface area contributed by atoms with Crippen molar-refractivity contribution in [3.8, 4) is 0 Å². The van der Waals surface area contributed by atoms with Gasteiger partial charge in [-0.25, -0.2) is 9.98 Å². The summed E-state index contributed by atoms with van der Waals surface area (Å²) in [5, 5.41) is 6.76. The fraction of sp³-hybridized carbons (Fsp3) is 0.368. The molecule has 0 aliphatic carbocycles. The molecule has 2 N–H and O–H groups in total. The van der Waals surface area contributed by atoms with Crippen molar-refractivity contribution >= 4 is 11.8 Å². The summed E-state index contributed by atoms with van der Waals surface area (Å²) in [7, 11) is 3.98.